The van der Waals surface area contributed by atoms with Crippen molar-refractivity contribution in [1.29, 1.82) is 0 Å². The average Bonchev–Trinajstić information content (AvgIpc) is 1.99. The van der Waals surface area contributed by atoms with Crippen LogP contribution in [-0.2, 0) is 11.6 Å². The van der Waals surface area contributed by atoms with E-state index >= 15 is 0 Å². The Morgan fingerprint density at radius 2 is 1.67 bits per heavy atom. The van der Waals surface area contributed by atoms with E-state index < -0.39 is 11.7 Å². The maximum atomic E-state index is 12.4. The molecule has 2 N–H and O–H groups in total. The van der Waals surface area contributed by atoms with Gasteiger partial charge in [-0.05, 0) is 23.1 Å². The highest BCUT2D eigenvalue weighted by atomic mass is 19.4. The van der Waals surface area contributed by atoms with E-state index in [-0.39, 0.29) is 11.1 Å². The molecule has 83 valence electrons. The molecule has 1 aromatic carbocycles. The van der Waals surface area contributed by atoms with Crippen LogP contribution in [0.5, 0.6) is 0 Å². The second kappa shape index (κ2) is 3.43. The summed E-state index contributed by atoms with van der Waals surface area (Å²) in [7, 11) is 0. The average molecular weight is 216 g/mol. The van der Waals surface area contributed by atoms with Crippen molar-refractivity contribution in [2.24, 2.45) is 0 Å². The zero-order valence-electron chi connectivity index (χ0n) is 8.87. The maximum Gasteiger partial charge on any atom is 0.417 e. The Bertz CT molecular complexity index is 329. The van der Waals surface area contributed by atoms with Gasteiger partial charge in [-0.3, -0.25) is 0 Å². The van der Waals surface area contributed by atoms with Crippen molar-refractivity contribution in [3.63, 3.8) is 0 Å². The SMILES string of the molecule is CC(C)(C)c1cc(N)[c]c(C(F)(F)F)c1. The minimum atomic E-state index is -4.39. The highest BCUT2D eigenvalue weighted by Crippen LogP contribution is 2.33. The van der Waals surface area contributed by atoms with Crippen molar-refractivity contribution in [3.05, 3.63) is 29.3 Å². The van der Waals surface area contributed by atoms with Crippen LogP contribution >= 0.6 is 0 Å². The van der Waals surface area contributed by atoms with Crippen LogP contribution in [0, 0.1) is 6.07 Å². The first-order valence-corrected chi connectivity index (χ1v) is 4.51. The molecule has 0 unspecified atom stereocenters. The Labute approximate surface area is 87.1 Å². The summed E-state index contributed by atoms with van der Waals surface area (Å²) in [5.41, 5.74) is 4.81. The zero-order valence-corrected chi connectivity index (χ0v) is 8.87. The second-order valence-corrected chi connectivity index (χ2v) is 4.49. The van der Waals surface area contributed by atoms with Crippen LogP contribution < -0.4 is 5.73 Å². The van der Waals surface area contributed by atoms with E-state index in [1.54, 1.807) is 0 Å². The van der Waals surface area contributed by atoms with Gasteiger partial charge in [0.05, 0.1) is 5.56 Å². The predicted octanol–water partition coefficient (Wildman–Crippen LogP) is 3.39. The fraction of sp³-hybridized carbons (Fsp3) is 0.455. The molecule has 4 heteroatoms. The molecule has 0 aliphatic carbocycles. The molecule has 1 radical (unpaired) electrons. The Morgan fingerprint density at radius 1 is 1.13 bits per heavy atom. The molecular formula is C11H13F3N. The Hall–Kier alpha value is -1.19. The number of hydrogen-bond acceptors (Lipinski definition) is 1. The van der Waals surface area contributed by atoms with E-state index in [2.05, 4.69) is 6.07 Å². The third-order valence-corrected chi connectivity index (χ3v) is 2.06. The molecular weight excluding hydrogens is 203 g/mol. The Kier molecular flexibility index (Phi) is 2.72. The smallest absolute Gasteiger partial charge is 0.398 e. The molecule has 1 rings (SSSR count). The first-order chi connectivity index (χ1) is 6.60. The highest BCUT2D eigenvalue weighted by Gasteiger charge is 2.32. The number of nitrogen functional groups attached to an aromatic ring is 1. The minimum absolute atomic E-state index is 0.0229. The molecule has 0 amide bonds. The summed E-state index contributed by atoms with van der Waals surface area (Å²) in [4.78, 5) is 0. The second-order valence-electron chi connectivity index (χ2n) is 4.49. The van der Waals surface area contributed by atoms with Crippen LogP contribution in [-0.4, -0.2) is 0 Å². The van der Waals surface area contributed by atoms with Crippen LogP contribution in [0.25, 0.3) is 0 Å². The van der Waals surface area contributed by atoms with Gasteiger partial charge >= 0.3 is 6.18 Å². The van der Waals surface area contributed by atoms with Gasteiger partial charge in [-0.25, -0.2) is 0 Å². The van der Waals surface area contributed by atoms with Crippen molar-refractivity contribution < 1.29 is 13.2 Å². The molecule has 15 heavy (non-hydrogen) atoms. The predicted molar refractivity (Wildman–Crippen MR) is 53.4 cm³/mol. The first kappa shape index (κ1) is 11.9. The summed E-state index contributed by atoms with van der Waals surface area (Å²) in [5.74, 6) is 0. The summed E-state index contributed by atoms with van der Waals surface area (Å²) in [5, 5.41) is 0. The van der Waals surface area contributed by atoms with Crippen molar-refractivity contribution in [3.8, 4) is 0 Å². The third kappa shape index (κ3) is 2.88. The molecule has 0 atom stereocenters. The normalized spacial score (nSPS) is 12.9. The first-order valence-electron chi connectivity index (χ1n) is 4.51. The molecule has 0 aromatic heterocycles. The lowest BCUT2D eigenvalue weighted by atomic mass is 9.86. The van der Waals surface area contributed by atoms with E-state index in [9.17, 15) is 13.2 Å². The van der Waals surface area contributed by atoms with Gasteiger partial charge in [0, 0.05) is 11.8 Å². The minimum Gasteiger partial charge on any atom is -0.398 e. The van der Waals surface area contributed by atoms with E-state index in [4.69, 9.17) is 5.73 Å². The number of halogens is 3. The van der Waals surface area contributed by atoms with Crippen molar-refractivity contribution in [2.45, 2.75) is 32.4 Å². The monoisotopic (exact) mass is 216 g/mol. The number of anilines is 1. The molecule has 0 bridgehead atoms. The lowest BCUT2D eigenvalue weighted by molar-refractivity contribution is -0.137. The van der Waals surface area contributed by atoms with E-state index in [0.717, 1.165) is 6.07 Å². The van der Waals surface area contributed by atoms with Crippen molar-refractivity contribution in [1.82, 2.24) is 0 Å². The summed E-state index contributed by atoms with van der Waals surface area (Å²) in [6.45, 7) is 5.51. The number of alkyl halides is 3. The topological polar surface area (TPSA) is 26.0 Å². The van der Waals surface area contributed by atoms with Crippen LogP contribution in [0.15, 0.2) is 12.1 Å². The lowest BCUT2D eigenvalue weighted by Gasteiger charge is -2.21. The van der Waals surface area contributed by atoms with Crippen LogP contribution in [0.4, 0.5) is 18.9 Å². The fourth-order valence-electron chi connectivity index (χ4n) is 1.18. The maximum absolute atomic E-state index is 12.4. The van der Waals surface area contributed by atoms with Gasteiger partial charge in [0.2, 0.25) is 0 Å². The largest absolute Gasteiger partial charge is 0.417 e. The molecule has 0 aliphatic rings. The highest BCUT2D eigenvalue weighted by molar-refractivity contribution is 5.46. The number of benzene rings is 1. The molecule has 0 saturated heterocycles. The fourth-order valence-corrected chi connectivity index (χ4v) is 1.18. The van der Waals surface area contributed by atoms with Gasteiger partial charge in [-0.1, -0.05) is 20.8 Å². The van der Waals surface area contributed by atoms with E-state index in [0.29, 0.717) is 5.56 Å². The molecule has 1 aromatic rings. The van der Waals surface area contributed by atoms with Gasteiger partial charge in [-0.2, -0.15) is 13.2 Å². The number of rotatable bonds is 0. The summed E-state index contributed by atoms with van der Waals surface area (Å²) >= 11 is 0. The Morgan fingerprint density at radius 3 is 2.07 bits per heavy atom. The van der Waals surface area contributed by atoms with Gasteiger partial charge in [-0.15, -0.1) is 0 Å². The summed E-state index contributed by atoms with van der Waals surface area (Å²) in [6.07, 6.45) is -4.39. The molecule has 0 fully saturated rings. The number of nitrogens with two attached hydrogens (primary N) is 1. The molecule has 0 heterocycles. The standard InChI is InChI=1S/C11H13F3N/c1-10(2,3)7-4-8(11(12,13)14)6-9(15)5-7/h4-5H,15H2,1-3H3. The van der Waals surface area contributed by atoms with E-state index in [1.807, 2.05) is 20.8 Å². The van der Waals surface area contributed by atoms with E-state index in [1.165, 1.54) is 6.07 Å². The summed E-state index contributed by atoms with van der Waals surface area (Å²) < 4.78 is 37.3. The zero-order chi connectivity index (χ0) is 11.9. The van der Waals surface area contributed by atoms with Gasteiger partial charge in [0.1, 0.15) is 0 Å². The molecule has 0 aliphatic heterocycles. The van der Waals surface area contributed by atoms with Gasteiger partial charge in [0.25, 0.3) is 0 Å². The van der Waals surface area contributed by atoms with Crippen molar-refractivity contribution >= 4 is 5.69 Å². The van der Waals surface area contributed by atoms with Gasteiger partial charge in [0.15, 0.2) is 0 Å². The van der Waals surface area contributed by atoms with Crippen LogP contribution in [0.2, 0.25) is 0 Å². The third-order valence-electron chi connectivity index (χ3n) is 2.06. The lowest BCUT2D eigenvalue weighted by Crippen LogP contribution is -2.15. The van der Waals surface area contributed by atoms with Crippen LogP contribution in [0.1, 0.15) is 31.9 Å². The Balaban J connectivity index is 3.30. The molecule has 0 saturated carbocycles. The molecule has 0 spiro atoms. The summed E-state index contributed by atoms with van der Waals surface area (Å²) in [6, 6.07) is 4.73. The van der Waals surface area contributed by atoms with Crippen LogP contribution in [0.3, 0.4) is 0 Å². The van der Waals surface area contributed by atoms with Gasteiger partial charge < -0.3 is 5.73 Å². The van der Waals surface area contributed by atoms with Crippen molar-refractivity contribution in [2.75, 3.05) is 5.73 Å². The number of hydrogen-bond donors (Lipinski definition) is 1. The quantitative estimate of drug-likeness (QED) is 0.661. The molecule has 1 nitrogen and oxygen atoms in total.